The van der Waals surface area contributed by atoms with Crippen LogP contribution in [-0.2, 0) is 11.4 Å². The summed E-state index contributed by atoms with van der Waals surface area (Å²) in [6, 6.07) is 3.56. The Hall–Kier alpha value is -0.620. The molecule has 0 unspecified atom stereocenters. The fourth-order valence-corrected chi connectivity index (χ4v) is 3.11. The largest absolute Gasteiger partial charge is 0.598 e. The first-order valence-corrected chi connectivity index (χ1v) is 8.04. The van der Waals surface area contributed by atoms with Gasteiger partial charge in [0.2, 0.25) is 0 Å². The molecule has 1 aliphatic rings. The molecule has 1 N–H and O–H groups in total. The van der Waals surface area contributed by atoms with Gasteiger partial charge in [0, 0.05) is 29.4 Å². The van der Waals surface area contributed by atoms with Gasteiger partial charge in [-0.3, -0.25) is 0 Å². The molecule has 0 saturated heterocycles. The van der Waals surface area contributed by atoms with Crippen molar-refractivity contribution in [1.82, 2.24) is 4.72 Å². The highest BCUT2D eigenvalue weighted by Crippen LogP contribution is 2.41. The van der Waals surface area contributed by atoms with E-state index < -0.39 is 11.4 Å². The number of benzene rings is 1. The Labute approximate surface area is 128 Å². The van der Waals surface area contributed by atoms with E-state index in [1.54, 1.807) is 13.2 Å². The van der Waals surface area contributed by atoms with Crippen LogP contribution < -0.4 is 14.2 Å². The molecule has 0 aliphatic carbocycles. The van der Waals surface area contributed by atoms with Gasteiger partial charge in [-0.2, -0.15) is 0 Å². The lowest BCUT2D eigenvalue weighted by molar-refractivity contribution is 0.261. The Morgan fingerprint density at radius 3 is 2.75 bits per heavy atom. The van der Waals surface area contributed by atoms with E-state index in [-0.39, 0.29) is 10.8 Å². The van der Waals surface area contributed by atoms with Crippen LogP contribution in [0.15, 0.2) is 12.1 Å². The van der Waals surface area contributed by atoms with Crippen LogP contribution in [-0.4, -0.2) is 23.0 Å². The van der Waals surface area contributed by atoms with Gasteiger partial charge in [0.1, 0.15) is 16.2 Å². The van der Waals surface area contributed by atoms with Gasteiger partial charge in [-0.1, -0.05) is 11.6 Å². The van der Waals surface area contributed by atoms with Crippen molar-refractivity contribution in [2.24, 2.45) is 0 Å². The number of methoxy groups -OCH3 is 1. The molecule has 4 nitrogen and oxygen atoms in total. The van der Waals surface area contributed by atoms with Crippen molar-refractivity contribution < 1.29 is 14.0 Å². The first kappa shape index (κ1) is 15.8. The first-order chi connectivity index (χ1) is 9.32. The molecule has 2 atom stereocenters. The Bertz CT molecular complexity index is 490. The second kappa shape index (κ2) is 6.02. The molecule has 112 valence electrons. The van der Waals surface area contributed by atoms with Crippen molar-refractivity contribution in [3.63, 3.8) is 0 Å². The number of hydrogen-bond donors (Lipinski definition) is 1. The monoisotopic (exact) mass is 317 g/mol. The highest BCUT2D eigenvalue weighted by Gasteiger charge is 2.33. The first-order valence-electron chi connectivity index (χ1n) is 6.51. The molecule has 0 saturated carbocycles. The summed E-state index contributed by atoms with van der Waals surface area (Å²) in [5.74, 6) is 1.33. The second-order valence-electron chi connectivity index (χ2n) is 5.72. The average Bonchev–Trinajstić information content (AvgIpc) is 2.38. The van der Waals surface area contributed by atoms with E-state index in [0.29, 0.717) is 23.1 Å². The summed E-state index contributed by atoms with van der Waals surface area (Å²) in [4.78, 5) is 0. The Balaban J connectivity index is 2.30. The summed E-state index contributed by atoms with van der Waals surface area (Å²) < 4.78 is 26.0. The van der Waals surface area contributed by atoms with Gasteiger partial charge in [-0.05, 0) is 26.8 Å². The van der Waals surface area contributed by atoms with Crippen LogP contribution in [0.1, 0.15) is 38.8 Å². The summed E-state index contributed by atoms with van der Waals surface area (Å²) in [5, 5.41) is 0.521. The van der Waals surface area contributed by atoms with Crippen molar-refractivity contribution in [1.29, 1.82) is 0 Å². The summed E-state index contributed by atoms with van der Waals surface area (Å²) in [7, 11) is 1.59. The maximum Gasteiger partial charge on any atom is 0.143 e. The van der Waals surface area contributed by atoms with Crippen molar-refractivity contribution in [2.45, 2.75) is 38.0 Å². The minimum absolute atomic E-state index is 0.0496. The molecule has 6 heteroatoms. The lowest BCUT2D eigenvalue weighted by Gasteiger charge is -2.31. The fraction of sp³-hybridized carbons (Fsp3) is 0.571. The SMILES string of the molecule is COc1cc(Cl)c2c(c1)[C@H](N[S@+]([O-])C(C)(C)C)CCO2. The maximum absolute atomic E-state index is 12.3. The maximum atomic E-state index is 12.3. The summed E-state index contributed by atoms with van der Waals surface area (Å²) >= 11 is 5.06. The minimum atomic E-state index is -1.15. The molecular formula is C14H20ClNO3S. The van der Waals surface area contributed by atoms with Gasteiger partial charge in [0.15, 0.2) is 0 Å². The topological polar surface area (TPSA) is 53.5 Å². The van der Waals surface area contributed by atoms with Crippen LogP contribution in [0, 0.1) is 0 Å². The van der Waals surface area contributed by atoms with Crippen LogP contribution in [0.4, 0.5) is 0 Å². The zero-order valence-corrected chi connectivity index (χ0v) is 13.7. The van der Waals surface area contributed by atoms with Gasteiger partial charge >= 0.3 is 0 Å². The number of nitrogens with one attached hydrogen (secondary N) is 1. The third kappa shape index (κ3) is 3.34. The quantitative estimate of drug-likeness (QED) is 0.870. The molecule has 0 radical (unpaired) electrons. The Morgan fingerprint density at radius 1 is 1.45 bits per heavy atom. The van der Waals surface area contributed by atoms with Crippen LogP contribution in [0.3, 0.4) is 0 Å². The molecule has 0 spiro atoms. The fourth-order valence-electron chi connectivity index (χ4n) is 1.98. The highest BCUT2D eigenvalue weighted by molar-refractivity contribution is 7.90. The predicted octanol–water partition coefficient (Wildman–Crippen LogP) is 3.22. The van der Waals surface area contributed by atoms with Crippen molar-refractivity contribution in [3.05, 3.63) is 22.7 Å². The van der Waals surface area contributed by atoms with E-state index in [1.165, 1.54) is 0 Å². The summed E-state index contributed by atoms with van der Waals surface area (Å²) in [5.41, 5.74) is 0.901. The number of ether oxygens (including phenoxy) is 2. The van der Waals surface area contributed by atoms with E-state index in [0.717, 1.165) is 12.0 Å². The Morgan fingerprint density at radius 2 is 2.15 bits per heavy atom. The highest BCUT2D eigenvalue weighted by atomic mass is 35.5. The van der Waals surface area contributed by atoms with Gasteiger partial charge in [0.05, 0.1) is 24.8 Å². The van der Waals surface area contributed by atoms with Gasteiger partial charge < -0.3 is 14.0 Å². The number of hydrogen-bond acceptors (Lipinski definition) is 4. The third-order valence-electron chi connectivity index (χ3n) is 3.12. The van der Waals surface area contributed by atoms with Crippen LogP contribution in [0.25, 0.3) is 0 Å². The third-order valence-corrected chi connectivity index (χ3v) is 5.01. The van der Waals surface area contributed by atoms with Crippen LogP contribution in [0.5, 0.6) is 11.5 Å². The van der Waals surface area contributed by atoms with E-state index in [1.807, 2.05) is 26.8 Å². The van der Waals surface area contributed by atoms with Gasteiger partial charge in [-0.15, -0.1) is 4.72 Å². The van der Waals surface area contributed by atoms with E-state index in [2.05, 4.69) is 4.72 Å². The molecule has 1 heterocycles. The van der Waals surface area contributed by atoms with Gasteiger partial charge in [0.25, 0.3) is 0 Å². The molecule has 0 aromatic heterocycles. The van der Waals surface area contributed by atoms with Crippen molar-refractivity contribution >= 4 is 23.0 Å². The smallest absolute Gasteiger partial charge is 0.143 e. The molecule has 0 amide bonds. The second-order valence-corrected chi connectivity index (χ2v) is 8.12. The number of halogens is 1. The van der Waals surface area contributed by atoms with Crippen LogP contribution in [0.2, 0.25) is 5.02 Å². The zero-order chi connectivity index (χ0) is 14.9. The van der Waals surface area contributed by atoms with E-state index >= 15 is 0 Å². The average molecular weight is 318 g/mol. The molecule has 2 rings (SSSR count). The molecule has 1 aliphatic heterocycles. The summed E-state index contributed by atoms with van der Waals surface area (Å²) in [6.07, 6.45) is 0.748. The van der Waals surface area contributed by atoms with Crippen molar-refractivity contribution in [3.8, 4) is 11.5 Å². The van der Waals surface area contributed by atoms with Crippen molar-refractivity contribution in [2.75, 3.05) is 13.7 Å². The molecule has 0 fully saturated rings. The van der Waals surface area contributed by atoms with E-state index in [9.17, 15) is 4.55 Å². The predicted molar refractivity (Wildman–Crippen MR) is 81.9 cm³/mol. The van der Waals surface area contributed by atoms with Crippen LogP contribution >= 0.6 is 11.6 Å². The molecule has 0 bridgehead atoms. The zero-order valence-electron chi connectivity index (χ0n) is 12.2. The van der Waals surface area contributed by atoms with E-state index in [4.69, 9.17) is 21.1 Å². The lowest BCUT2D eigenvalue weighted by Crippen LogP contribution is -2.42. The number of fused-ring (bicyclic) bond motifs is 1. The molecule has 20 heavy (non-hydrogen) atoms. The summed E-state index contributed by atoms with van der Waals surface area (Å²) in [6.45, 7) is 6.37. The normalized spacial score (nSPS) is 20.0. The minimum Gasteiger partial charge on any atom is -0.598 e. The standard InChI is InChI=1S/C14H20ClNO3S/c1-14(2,3)20(17)16-12-5-6-19-13-10(12)7-9(18-4)8-11(13)15/h7-8,12,16H,5-6H2,1-4H3/t12-,20-/m1/s1. The molecular weight excluding hydrogens is 298 g/mol. The van der Waals surface area contributed by atoms with Gasteiger partial charge in [-0.25, -0.2) is 0 Å². The molecule has 1 aromatic carbocycles. The number of rotatable bonds is 3. The Kier molecular flexibility index (Phi) is 4.74. The molecule has 1 aromatic rings. The lowest BCUT2D eigenvalue weighted by atomic mass is 10.0.